The van der Waals surface area contributed by atoms with Crippen molar-refractivity contribution in [1.29, 1.82) is 10.8 Å². The van der Waals surface area contributed by atoms with Crippen molar-refractivity contribution in [2.45, 2.75) is 26.0 Å². The molecule has 2 rings (SSSR count). The van der Waals surface area contributed by atoms with Crippen molar-refractivity contribution in [2.24, 2.45) is 0 Å². The lowest BCUT2D eigenvalue weighted by molar-refractivity contribution is -0.142. The molecule has 28 heavy (non-hydrogen) atoms. The van der Waals surface area contributed by atoms with Crippen LogP contribution in [0, 0.1) is 10.8 Å². The van der Waals surface area contributed by atoms with Crippen molar-refractivity contribution in [3.63, 3.8) is 0 Å². The van der Waals surface area contributed by atoms with Gasteiger partial charge < -0.3 is 9.47 Å². The third kappa shape index (κ3) is 7.69. The fourth-order valence-electron chi connectivity index (χ4n) is 2.30. The number of carbonyl (C=O) groups is 1. The van der Waals surface area contributed by atoms with Gasteiger partial charge in [-0.2, -0.15) is 0 Å². The van der Waals surface area contributed by atoms with E-state index in [9.17, 15) is 4.79 Å². The molecule has 0 aromatic heterocycles. The third-order valence-electron chi connectivity index (χ3n) is 3.41. The molecule has 148 valence electrons. The van der Waals surface area contributed by atoms with Gasteiger partial charge in [-0.25, -0.2) is 0 Å². The standard InChI is InChI=1S/C20H21BrN2O3S2/c1-3-25-19(24)10-14-5-4-6-17(9-14)26-18-8-7-16(21)11-15(18)12-27-20(23)28-13(2)22/h4-9,11,22-23H,3,10,12H2,1-2H3. The molecule has 2 N–H and O–H groups in total. The monoisotopic (exact) mass is 480 g/mol. The van der Waals surface area contributed by atoms with Crippen LogP contribution in [-0.4, -0.2) is 22.0 Å². The van der Waals surface area contributed by atoms with Crippen LogP contribution in [0.25, 0.3) is 0 Å². The molecule has 8 heteroatoms. The Balaban J connectivity index is 2.12. The summed E-state index contributed by atoms with van der Waals surface area (Å²) in [6.45, 7) is 3.81. The summed E-state index contributed by atoms with van der Waals surface area (Å²) in [4.78, 5) is 11.7. The molecule has 0 aliphatic heterocycles. The third-order valence-corrected chi connectivity index (χ3v) is 5.71. The summed E-state index contributed by atoms with van der Waals surface area (Å²) in [5, 5.41) is 15.8. The molecule has 0 saturated carbocycles. The van der Waals surface area contributed by atoms with Gasteiger partial charge in [-0.15, -0.1) is 0 Å². The van der Waals surface area contributed by atoms with E-state index in [0.717, 1.165) is 27.4 Å². The van der Waals surface area contributed by atoms with Crippen molar-refractivity contribution in [2.75, 3.05) is 6.61 Å². The highest BCUT2D eigenvalue weighted by Crippen LogP contribution is 2.32. The zero-order chi connectivity index (χ0) is 20.5. The molecule has 0 unspecified atom stereocenters. The lowest BCUT2D eigenvalue weighted by Gasteiger charge is -2.13. The first-order valence-corrected chi connectivity index (χ1v) is 11.1. The van der Waals surface area contributed by atoms with Crippen molar-refractivity contribution < 1.29 is 14.3 Å². The van der Waals surface area contributed by atoms with Gasteiger partial charge >= 0.3 is 5.97 Å². The summed E-state index contributed by atoms with van der Waals surface area (Å²) in [7, 11) is 0. The minimum atomic E-state index is -0.266. The van der Waals surface area contributed by atoms with E-state index < -0.39 is 0 Å². The largest absolute Gasteiger partial charge is 0.466 e. The summed E-state index contributed by atoms with van der Waals surface area (Å²) in [6, 6.07) is 13.1. The molecule has 5 nitrogen and oxygen atoms in total. The molecule has 0 fully saturated rings. The number of rotatable bonds is 7. The zero-order valence-electron chi connectivity index (χ0n) is 15.6. The summed E-state index contributed by atoms with van der Waals surface area (Å²) < 4.78 is 12.3. The number of esters is 1. The van der Waals surface area contributed by atoms with Crippen LogP contribution in [0.5, 0.6) is 11.5 Å². The predicted molar refractivity (Wildman–Crippen MR) is 121 cm³/mol. The van der Waals surface area contributed by atoms with Gasteiger partial charge in [-0.3, -0.25) is 15.6 Å². The van der Waals surface area contributed by atoms with Crippen LogP contribution in [0.2, 0.25) is 0 Å². The van der Waals surface area contributed by atoms with Crippen molar-refractivity contribution >= 4 is 54.8 Å². The Morgan fingerprint density at radius 1 is 1.18 bits per heavy atom. The smallest absolute Gasteiger partial charge is 0.310 e. The summed E-state index contributed by atoms with van der Waals surface area (Å²) in [6.07, 6.45) is 0.200. The molecule has 0 amide bonds. The van der Waals surface area contributed by atoms with Crippen LogP contribution < -0.4 is 4.74 Å². The van der Waals surface area contributed by atoms with E-state index in [2.05, 4.69) is 15.9 Å². The number of hydrogen-bond acceptors (Lipinski definition) is 7. The minimum absolute atomic E-state index is 0.200. The Hall–Kier alpha value is -1.77. The lowest BCUT2D eigenvalue weighted by Crippen LogP contribution is -2.07. The molecule has 0 spiro atoms. The first kappa shape index (κ1) is 22.5. The quantitative estimate of drug-likeness (QED) is 0.278. The SMILES string of the molecule is CCOC(=O)Cc1cccc(Oc2ccc(Br)cc2CSC(=N)SC(C)=N)c1. The van der Waals surface area contributed by atoms with Crippen molar-refractivity contribution in [3.8, 4) is 11.5 Å². The maximum absolute atomic E-state index is 11.7. The number of hydrogen-bond donors (Lipinski definition) is 2. The average Bonchev–Trinajstić information content (AvgIpc) is 2.62. The fraction of sp³-hybridized carbons (Fsp3) is 0.250. The zero-order valence-corrected chi connectivity index (χ0v) is 18.8. The van der Waals surface area contributed by atoms with Crippen LogP contribution in [0.4, 0.5) is 0 Å². The van der Waals surface area contributed by atoms with Crippen molar-refractivity contribution in [1.82, 2.24) is 0 Å². The Morgan fingerprint density at radius 2 is 1.96 bits per heavy atom. The van der Waals surface area contributed by atoms with Gasteiger partial charge in [0.25, 0.3) is 0 Å². The van der Waals surface area contributed by atoms with E-state index in [1.807, 2.05) is 42.5 Å². The van der Waals surface area contributed by atoms with E-state index in [0.29, 0.717) is 33.3 Å². The first-order chi connectivity index (χ1) is 13.4. The number of nitrogens with one attached hydrogen (secondary N) is 2. The second kappa shape index (κ2) is 11.3. The van der Waals surface area contributed by atoms with Gasteiger partial charge in [-0.1, -0.05) is 39.8 Å². The number of carbonyl (C=O) groups excluding carboxylic acids is 1. The summed E-state index contributed by atoms with van der Waals surface area (Å²) in [5.41, 5.74) is 1.76. The first-order valence-electron chi connectivity index (χ1n) is 8.52. The fourth-order valence-corrected chi connectivity index (χ4v) is 4.28. The molecular formula is C20H21BrN2O3S2. The van der Waals surface area contributed by atoms with Crippen LogP contribution in [0.15, 0.2) is 46.9 Å². The Bertz CT molecular complexity index is 874. The van der Waals surface area contributed by atoms with E-state index in [1.54, 1.807) is 13.8 Å². The predicted octanol–water partition coefficient (Wildman–Crippen LogP) is 6.25. The Morgan fingerprint density at radius 3 is 2.68 bits per heavy atom. The average molecular weight is 481 g/mol. The Labute approximate surface area is 181 Å². The maximum Gasteiger partial charge on any atom is 0.310 e. The van der Waals surface area contributed by atoms with Gasteiger partial charge in [0.05, 0.1) is 18.1 Å². The van der Waals surface area contributed by atoms with Gasteiger partial charge in [0, 0.05) is 15.8 Å². The molecule has 0 aliphatic carbocycles. The minimum Gasteiger partial charge on any atom is -0.466 e. The van der Waals surface area contributed by atoms with Gasteiger partial charge in [0.15, 0.2) is 0 Å². The molecule has 0 atom stereocenters. The molecule has 2 aromatic carbocycles. The number of benzene rings is 2. The topological polar surface area (TPSA) is 83.2 Å². The highest BCUT2D eigenvalue weighted by atomic mass is 79.9. The van der Waals surface area contributed by atoms with Gasteiger partial charge in [-0.05, 0) is 61.5 Å². The van der Waals surface area contributed by atoms with Crippen LogP contribution in [-0.2, 0) is 21.7 Å². The van der Waals surface area contributed by atoms with E-state index in [1.165, 1.54) is 11.8 Å². The lowest BCUT2D eigenvalue weighted by atomic mass is 10.1. The second-order valence-corrected chi connectivity index (χ2v) is 9.10. The van der Waals surface area contributed by atoms with E-state index in [-0.39, 0.29) is 12.4 Å². The molecule has 0 saturated heterocycles. The summed E-state index contributed by atoms with van der Waals surface area (Å²) >= 11 is 5.96. The summed E-state index contributed by atoms with van der Waals surface area (Å²) in [5.74, 6) is 1.61. The number of thioether (sulfide) groups is 2. The molecule has 2 aromatic rings. The van der Waals surface area contributed by atoms with E-state index in [4.69, 9.17) is 20.3 Å². The van der Waals surface area contributed by atoms with Crippen LogP contribution in [0.1, 0.15) is 25.0 Å². The van der Waals surface area contributed by atoms with Gasteiger partial charge in [0.1, 0.15) is 15.9 Å². The highest BCUT2D eigenvalue weighted by Gasteiger charge is 2.10. The number of halogens is 1. The van der Waals surface area contributed by atoms with Crippen LogP contribution >= 0.6 is 39.5 Å². The molecule has 0 aliphatic rings. The maximum atomic E-state index is 11.7. The normalized spacial score (nSPS) is 10.4. The second-order valence-electron chi connectivity index (χ2n) is 5.72. The van der Waals surface area contributed by atoms with Crippen LogP contribution in [0.3, 0.4) is 0 Å². The molecule has 0 heterocycles. The van der Waals surface area contributed by atoms with Gasteiger partial charge in [0.2, 0.25) is 0 Å². The highest BCUT2D eigenvalue weighted by molar-refractivity contribution is 9.10. The molecule has 0 radical (unpaired) electrons. The Kier molecular flexibility index (Phi) is 9.08. The van der Waals surface area contributed by atoms with E-state index >= 15 is 0 Å². The number of ether oxygens (including phenoxy) is 2. The molecule has 0 bridgehead atoms. The molecular weight excluding hydrogens is 460 g/mol. The van der Waals surface area contributed by atoms with Crippen molar-refractivity contribution in [3.05, 3.63) is 58.1 Å².